The molecule has 2 aromatic heterocycles. The molecule has 7 heteroatoms. The van der Waals surface area contributed by atoms with E-state index in [1.54, 1.807) is 24.8 Å². The number of hydrogen-bond donors (Lipinski definition) is 2. The van der Waals surface area contributed by atoms with Crippen molar-refractivity contribution in [1.82, 2.24) is 15.0 Å². The van der Waals surface area contributed by atoms with Gasteiger partial charge in [0.25, 0.3) is 5.56 Å². The van der Waals surface area contributed by atoms with Gasteiger partial charge in [-0.15, -0.1) is 0 Å². The fourth-order valence-corrected chi connectivity index (χ4v) is 2.42. The zero-order valence-electron chi connectivity index (χ0n) is 11.0. The quantitative estimate of drug-likeness (QED) is 0.804. The minimum absolute atomic E-state index is 0.149. The molecule has 1 fully saturated rings. The number of nitrogens with one attached hydrogen (secondary N) is 1. The largest absolute Gasteiger partial charge is 0.396 e. The number of nitrogens with two attached hydrogens (primary N) is 1. The van der Waals surface area contributed by atoms with E-state index < -0.39 is 0 Å². The van der Waals surface area contributed by atoms with Crippen LogP contribution in [-0.2, 0) is 0 Å². The number of aromatic nitrogens is 3. The lowest BCUT2D eigenvalue weighted by Crippen LogP contribution is -2.48. The van der Waals surface area contributed by atoms with E-state index in [-0.39, 0.29) is 5.56 Å². The van der Waals surface area contributed by atoms with Crippen LogP contribution in [-0.4, -0.2) is 41.1 Å². The lowest BCUT2D eigenvalue weighted by Gasteiger charge is -2.36. The van der Waals surface area contributed by atoms with Crippen LogP contribution < -0.4 is 21.1 Å². The molecule has 7 nitrogen and oxygen atoms in total. The van der Waals surface area contributed by atoms with Crippen molar-refractivity contribution >= 4 is 17.2 Å². The van der Waals surface area contributed by atoms with Crippen molar-refractivity contribution in [3.63, 3.8) is 0 Å². The van der Waals surface area contributed by atoms with E-state index in [4.69, 9.17) is 5.73 Å². The highest BCUT2D eigenvalue weighted by atomic mass is 16.1. The second kappa shape index (κ2) is 5.20. The Kier molecular flexibility index (Phi) is 3.24. The number of nitrogen functional groups attached to an aromatic ring is 1. The predicted molar refractivity (Wildman–Crippen MR) is 77.9 cm³/mol. The highest BCUT2D eigenvalue weighted by Gasteiger charge is 2.21. The minimum Gasteiger partial charge on any atom is -0.396 e. The maximum absolute atomic E-state index is 11.7. The molecule has 104 valence electrons. The summed E-state index contributed by atoms with van der Waals surface area (Å²) in [6.45, 7) is 3.07. The first-order valence-electron chi connectivity index (χ1n) is 6.49. The molecule has 1 aliphatic rings. The summed E-state index contributed by atoms with van der Waals surface area (Å²) in [7, 11) is 0. The second-order valence-corrected chi connectivity index (χ2v) is 4.65. The molecule has 0 spiro atoms. The van der Waals surface area contributed by atoms with Crippen LogP contribution in [0, 0.1) is 0 Å². The Morgan fingerprint density at radius 3 is 2.60 bits per heavy atom. The van der Waals surface area contributed by atoms with Crippen molar-refractivity contribution in [2.24, 2.45) is 0 Å². The fourth-order valence-electron chi connectivity index (χ4n) is 2.42. The molecular weight excluding hydrogens is 256 g/mol. The third-order valence-corrected chi connectivity index (χ3v) is 3.44. The Morgan fingerprint density at radius 1 is 1.15 bits per heavy atom. The highest BCUT2D eigenvalue weighted by molar-refractivity contribution is 5.66. The third kappa shape index (κ3) is 2.29. The van der Waals surface area contributed by atoms with Gasteiger partial charge in [-0.05, 0) is 6.07 Å². The monoisotopic (exact) mass is 272 g/mol. The van der Waals surface area contributed by atoms with Crippen LogP contribution >= 0.6 is 0 Å². The van der Waals surface area contributed by atoms with Crippen LogP contribution in [0.4, 0.5) is 17.2 Å². The van der Waals surface area contributed by atoms with E-state index in [1.165, 1.54) is 0 Å². The lowest BCUT2D eigenvalue weighted by molar-refractivity contribution is 0.644. The van der Waals surface area contributed by atoms with Crippen molar-refractivity contribution in [3.05, 3.63) is 41.2 Å². The zero-order chi connectivity index (χ0) is 13.9. The van der Waals surface area contributed by atoms with Gasteiger partial charge in [0.15, 0.2) is 5.82 Å². The van der Waals surface area contributed by atoms with Gasteiger partial charge in [0, 0.05) is 44.8 Å². The molecule has 0 aromatic carbocycles. The Labute approximate surface area is 116 Å². The molecule has 1 aliphatic heterocycles. The lowest BCUT2D eigenvalue weighted by atomic mass is 10.2. The van der Waals surface area contributed by atoms with Gasteiger partial charge in [0.2, 0.25) is 0 Å². The Balaban J connectivity index is 1.73. The van der Waals surface area contributed by atoms with E-state index >= 15 is 0 Å². The topological polar surface area (TPSA) is 91.1 Å². The summed E-state index contributed by atoms with van der Waals surface area (Å²) in [6, 6.07) is 1.92. The molecule has 0 radical (unpaired) electrons. The van der Waals surface area contributed by atoms with Gasteiger partial charge in [-0.25, -0.2) is 4.98 Å². The van der Waals surface area contributed by atoms with Crippen molar-refractivity contribution in [2.45, 2.75) is 0 Å². The van der Waals surface area contributed by atoms with Crippen molar-refractivity contribution in [2.75, 3.05) is 41.7 Å². The summed E-state index contributed by atoms with van der Waals surface area (Å²) >= 11 is 0. The van der Waals surface area contributed by atoms with Crippen LogP contribution in [0.1, 0.15) is 0 Å². The summed E-state index contributed by atoms with van der Waals surface area (Å²) in [5.41, 5.74) is 7.46. The molecule has 3 N–H and O–H groups in total. The van der Waals surface area contributed by atoms with Crippen LogP contribution in [0.2, 0.25) is 0 Å². The molecule has 20 heavy (non-hydrogen) atoms. The maximum atomic E-state index is 11.7. The summed E-state index contributed by atoms with van der Waals surface area (Å²) in [4.78, 5) is 26.7. The first-order valence-corrected chi connectivity index (χ1v) is 6.49. The Morgan fingerprint density at radius 2 is 1.90 bits per heavy atom. The molecule has 1 saturated heterocycles. The van der Waals surface area contributed by atoms with Gasteiger partial charge in [-0.1, -0.05) is 0 Å². The Hall–Kier alpha value is -2.57. The van der Waals surface area contributed by atoms with E-state index in [9.17, 15) is 4.79 Å². The number of aromatic amines is 1. The Bertz CT molecular complexity index is 647. The van der Waals surface area contributed by atoms with Gasteiger partial charge in [-0.3, -0.25) is 9.78 Å². The summed E-state index contributed by atoms with van der Waals surface area (Å²) in [5, 5.41) is 0. The van der Waals surface area contributed by atoms with Crippen LogP contribution in [0.15, 0.2) is 35.6 Å². The number of hydrogen-bond acceptors (Lipinski definition) is 6. The number of rotatable bonds is 2. The zero-order valence-corrected chi connectivity index (χ0v) is 11.0. The predicted octanol–water partition coefficient (Wildman–Crippen LogP) is 0.0737. The van der Waals surface area contributed by atoms with Crippen molar-refractivity contribution < 1.29 is 0 Å². The third-order valence-electron chi connectivity index (χ3n) is 3.44. The van der Waals surface area contributed by atoms with Gasteiger partial charge >= 0.3 is 0 Å². The number of anilines is 3. The number of H-pyrrole nitrogens is 1. The van der Waals surface area contributed by atoms with Crippen molar-refractivity contribution in [3.8, 4) is 0 Å². The van der Waals surface area contributed by atoms with Crippen LogP contribution in [0.3, 0.4) is 0 Å². The molecule has 3 heterocycles. The molecule has 0 bridgehead atoms. The van der Waals surface area contributed by atoms with E-state index in [2.05, 4.69) is 19.9 Å². The first-order chi connectivity index (χ1) is 9.75. The summed E-state index contributed by atoms with van der Waals surface area (Å²) in [5.74, 6) is 0.481. The average molecular weight is 272 g/mol. The molecular formula is C13H16N6O. The molecule has 2 aromatic rings. The molecule has 0 amide bonds. The van der Waals surface area contributed by atoms with Gasteiger partial charge in [0.1, 0.15) is 0 Å². The van der Waals surface area contributed by atoms with E-state index in [0.717, 1.165) is 31.9 Å². The van der Waals surface area contributed by atoms with Crippen LogP contribution in [0.25, 0.3) is 0 Å². The number of piperazine rings is 1. The minimum atomic E-state index is -0.149. The molecule has 0 aliphatic carbocycles. The SMILES string of the molecule is Nc1cnccc1N1CCN(c2ncc[nH]c2=O)CC1. The van der Waals surface area contributed by atoms with Crippen LogP contribution in [0.5, 0.6) is 0 Å². The normalized spacial score (nSPS) is 15.4. The molecule has 0 unspecified atom stereocenters. The standard InChI is InChI=1S/C13H16N6O/c14-10-9-15-2-1-11(10)18-5-7-19(8-6-18)12-13(20)17-4-3-16-12/h1-4,9H,5-8,14H2,(H,17,20). The van der Waals surface area contributed by atoms with Crippen molar-refractivity contribution in [1.29, 1.82) is 0 Å². The fraction of sp³-hybridized carbons (Fsp3) is 0.308. The summed E-state index contributed by atoms with van der Waals surface area (Å²) < 4.78 is 0. The maximum Gasteiger partial charge on any atom is 0.290 e. The highest BCUT2D eigenvalue weighted by Crippen LogP contribution is 2.23. The number of pyridine rings is 1. The summed E-state index contributed by atoms with van der Waals surface area (Å²) in [6.07, 6.45) is 6.54. The average Bonchev–Trinajstić information content (AvgIpc) is 2.49. The van der Waals surface area contributed by atoms with Gasteiger partial charge in [-0.2, -0.15) is 0 Å². The molecule has 3 rings (SSSR count). The molecule has 0 atom stereocenters. The van der Waals surface area contributed by atoms with E-state index in [0.29, 0.717) is 11.5 Å². The second-order valence-electron chi connectivity index (χ2n) is 4.65. The molecule has 0 saturated carbocycles. The first kappa shape index (κ1) is 12.5. The smallest absolute Gasteiger partial charge is 0.290 e. The van der Waals surface area contributed by atoms with Gasteiger partial charge < -0.3 is 20.5 Å². The van der Waals surface area contributed by atoms with Gasteiger partial charge in [0.05, 0.1) is 17.6 Å². The van der Waals surface area contributed by atoms with E-state index in [1.807, 2.05) is 11.0 Å². The number of nitrogens with zero attached hydrogens (tertiary/aromatic N) is 4.